The van der Waals surface area contributed by atoms with Crippen molar-refractivity contribution < 1.29 is 9.63 Å². The minimum atomic E-state index is -0.524. The molecule has 3 N–H and O–H groups in total. The molecular formula is C11H10N4O2. The average Bonchev–Trinajstić information content (AvgIpc) is 2.79. The van der Waals surface area contributed by atoms with Crippen LogP contribution in [0.2, 0.25) is 0 Å². The third-order valence-electron chi connectivity index (χ3n) is 2.03. The molecule has 1 aromatic carbocycles. The molecule has 0 aliphatic heterocycles. The van der Waals surface area contributed by atoms with Gasteiger partial charge in [0.15, 0.2) is 0 Å². The van der Waals surface area contributed by atoms with Crippen LogP contribution in [-0.4, -0.2) is 21.7 Å². The lowest BCUT2D eigenvalue weighted by atomic mass is 10.2. The molecule has 0 aliphatic carbocycles. The van der Waals surface area contributed by atoms with Crippen molar-refractivity contribution in [3.63, 3.8) is 0 Å². The maximum absolute atomic E-state index is 11.6. The molecule has 0 atom stereocenters. The van der Waals surface area contributed by atoms with Crippen LogP contribution in [-0.2, 0) is 0 Å². The minimum Gasteiger partial charge on any atom is -0.382 e. The van der Waals surface area contributed by atoms with Crippen molar-refractivity contribution >= 4 is 11.8 Å². The first-order chi connectivity index (χ1) is 8.16. The zero-order valence-electron chi connectivity index (χ0n) is 8.83. The molecular weight excluding hydrogens is 220 g/mol. The Bertz CT molecular complexity index is 548. The van der Waals surface area contributed by atoms with Crippen molar-refractivity contribution in [2.24, 2.45) is 5.73 Å². The summed E-state index contributed by atoms with van der Waals surface area (Å²) in [5.41, 5.74) is 5.91. The Hall–Kier alpha value is -2.63. The van der Waals surface area contributed by atoms with Gasteiger partial charge in [-0.25, -0.2) is 4.79 Å². The highest BCUT2D eigenvalue weighted by Crippen LogP contribution is 2.00. The highest BCUT2D eigenvalue weighted by Gasteiger charge is 2.09. The van der Waals surface area contributed by atoms with Gasteiger partial charge in [-0.2, -0.15) is 0 Å². The highest BCUT2D eigenvalue weighted by atomic mass is 16.7. The van der Waals surface area contributed by atoms with Gasteiger partial charge < -0.3 is 10.6 Å². The van der Waals surface area contributed by atoms with Crippen LogP contribution in [0.25, 0.3) is 0 Å². The van der Waals surface area contributed by atoms with Crippen molar-refractivity contribution in [2.75, 3.05) is 0 Å². The maximum atomic E-state index is 11.6. The Morgan fingerprint density at radius 1 is 1.29 bits per heavy atom. The Kier molecular flexibility index (Phi) is 2.87. The summed E-state index contributed by atoms with van der Waals surface area (Å²) < 4.78 is 0. The topological polar surface area (TPSA) is 94.0 Å². The van der Waals surface area contributed by atoms with Gasteiger partial charge in [0.1, 0.15) is 11.5 Å². The Balaban J connectivity index is 2.11. The fourth-order valence-electron chi connectivity index (χ4n) is 1.21. The minimum absolute atomic E-state index is 0.181. The smallest absolute Gasteiger partial charge is 0.365 e. The molecule has 0 fully saturated rings. The number of hydrogen-bond acceptors (Lipinski definition) is 4. The van der Waals surface area contributed by atoms with Crippen molar-refractivity contribution in [2.45, 2.75) is 0 Å². The molecule has 2 aromatic rings. The third-order valence-corrected chi connectivity index (χ3v) is 2.03. The van der Waals surface area contributed by atoms with E-state index in [0.717, 1.165) is 4.85 Å². The lowest BCUT2D eigenvalue weighted by Crippen LogP contribution is -2.21. The quantitative estimate of drug-likeness (QED) is 0.590. The van der Waals surface area contributed by atoms with E-state index in [2.05, 4.69) is 5.10 Å². The largest absolute Gasteiger partial charge is 0.382 e. The summed E-state index contributed by atoms with van der Waals surface area (Å²) in [4.78, 5) is 17.5. The van der Waals surface area contributed by atoms with E-state index < -0.39 is 5.97 Å². The molecule has 6 nitrogen and oxygen atoms in total. The van der Waals surface area contributed by atoms with Crippen LogP contribution >= 0.6 is 0 Å². The number of rotatable bonds is 3. The molecule has 6 heteroatoms. The first kappa shape index (κ1) is 10.9. The molecule has 0 radical (unpaired) electrons. The molecule has 0 spiro atoms. The van der Waals surface area contributed by atoms with E-state index in [-0.39, 0.29) is 11.5 Å². The van der Waals surface area contributed by atoms with Crippen LogP contribution in [0.3, 0.4) is 0 Å². The van der Waals surface area contributed by atoms with Crippen molar-refractivity contribution in [3.05, 3.63) is 53.9 Å². The van der Waals surface area contributed by atoms with Crippen LogP contribution in [0, 0.1) is 5.41 Å². The molecule has 0 amide bonds. The third kappa shape index (κ3) is 2.49. The predicted octanol–water partition coefficient (Wildman–Crippen LogP) is 0.436. The summed E-state index contributed by atoms with van der Waals surface area (Å²) in [6, 6.07) is 10.0. The Labute approximate surface area is 97.1 Å². The summed E-state index contributed by atoms with van der Waals surface area (Å²) in [5.74, 6) is -0.705. The van der Waals surface area contributed by atoms with Gasteiger partial charge in [0.2, 0.25) is 0 Å². The number of benzene rings is 1. The molecule has 0 saturated carbocycles. The normalized spacial score (nSPS) is 9.88. The molecule has 1 aromatic heterocycles. The number of nitrogens with zero attached hydrogens (tertiary/aromatic N) is 2. The molecule has 0 bridgehead atoms. The van der Waals surface area contributed by atoms with Gasteiger partial charge in [-0.3, -0.25) is 5.41 Å². The fraction of sp³-hybridized carbons (Fsp3) is 0. The SMILES string of the molecule is N=C(N)c1ccn(OC(=O)c2ccccc2)n1. The number of aromatic nitrogens is 2. The number of carbonyl (C=O) groups excluding carboxylic acids is 1. The number of hydrogen-bond donors (Lipinski definition) is 2. The maximum Gasteiger partial charge on any atom is 0.365 e. The van der Waals surface area contributed by atoms with E-state index in [9.17, 15) is 4.79 Å². The van der Waals surface area contributed by atoms with Gasteiger partial charge in [0.05, 0.1) is 11.8 Å². The van der Waals surface area contributed by atoms with E-state index in [1.165, 1.54) is 12.3 Å². The van der Waals surface area contributed by atoms with Gasteiger partial charge in [-0.05, 0) is 18.2 Å². The summed E-state index contributed by atoms with van der Waals surface area (Å²) >= 11 is 0. The van der Waals surface area contributed by atoms with Crippen molar-refractivity contribution in [1.29, 1.82) is 5.41 Å². The van der Waals surface area contributed by atoms with Gasteiger partial charge in [0, 0.05) is 0 Å². The molecule has 17 heavy (non-hydrogen) atoms. The van der Waals surface area contributed by atoms with E-state index in [1.807, 2.05) is 0 Å². The zero-order chi connectivity index (χ0) is 12.3. The van der Waals surface area contributed by atoms with E-state index in [1.54, 1.807) is 30.3 Å². The standard InChI is InChI=1S/C11H10N4O2/c12-10(13)9-6-7-15(14-9)17-11(16)8-4-2-1-3-5-8/h1-7H,(H3,12,13). The first-order valence-electron chi connectivity index (χ1n) is 4.84. The second-order valence-electron chi connectivity index (χ2n) is 3.26. The Morgan fingerprint density at radius 2 is 2.00 bits per heavy atom. The highest BCUT2D eigenvalue weighted by molar-refractivity contribution is 5.93. The zero-order valence-corrected chi connectivity index (χ0v) is 8.83. The van der Waals surface area contributed by atoms with Gasteiger partial charge in [0.25, 0.3) is 0 Å². The van der Waals surface area contributed by atoms with Crippen LogP contribution in [0.5, 0.6) is 0 Å². The van der Waals surface area contributed by atoms with Crippen LogP contribution in [0.4, 0.5) is 0 Å². The van der Waals surface area contributed by atoms with Gasteiger partial charge in [-0.15, -0.1) is 5.10 Å². The van der Waals surface area contributed by atoms with E-state index >= 15 is 0 Å². The number of nitrogen functional groups attached to an aromatic ring is 1. The van der Waals surface area contributed by atoms with Crippen molar-refractivity contribution in [1.82, 2.24) is 9.94 Å². The van der Waals surface area contributed by atoms with Crippen molar-refractivity contribution in [3.8, 4) is 0 Å². The molecule has 2 rings (SSSR count). The van der Waals surface area contributed by atoms with Crippen LogP contribution in [0.15, 0.2) is 42.6 Å². The molecule has 0 saturated heterocycles. The number of amidine groups is 1. The molecule has 0 unspecified atom stereocenters. The van der Waals surface area contributed by atoms with Gasteiger partial charge in [-0.1, -0.05) is 23.0 Å². The van der Waals surface area contributed by atoms with Crippen LogP contribution < -0.4 is 10.6 Å². The number of nitrogens with two attached hydrogens (primary N) is 1. The first-order valence-corrected chi connectivity index (χ1v) is 4.84. The number of nitrogens with one attached hydrogen (secondary N) is 1. The van der Waals surface area contributed by atoms with Crippen LogP contribution in [0.1, 0.15) is 16.1 Å². The second-order valence-corrected chi connectivity index (χ2v) is 3.26. The van der Waals surface area contributed by atoms with E-state index in [4.69, 9.17) is 16.0 Å². The average molecular weight is 230 g/mol. The predicted molar refractivity (Wildman–Crippen MR) is 60.6 cm³/mol. The fourth-order valence-corrected chi connectivity index (χ4v) is 1.21. The van der Waals surface area contributed by atoms with E-state index in [0.29, 0.717) is 5.56 Å². The lowest BCUT2D eigenvalue weighted by molar-refractivity contribution is 0.0394. The van der Waals surface area contributed by atoms with Gasteiger partial charge >= 0.3 is 5.97 Å². The molecule has 1 heterocycles. The second kappa shape index (κ2) is 4.48. The lowest BCUT2D eigenvalue weighted by Gasteiger charge is -2.02. The Morgan fingerprint density at radius 3 is 2.59 bits per heavy atom. The summed E-state index contributed by atoms with van der Waals surface area (Å²) in [6.45, 7) is 0. The number of carbonyl (C=O) groups is 1. The molecule has 0 aliphatic rings. The summed E-state index contributed by atoms with van der Waals surface area (Å²) in [6.07, 6.45) is 1.41. The summed E-state index contributed by atoms with van der Waals surface area (Å²) in [7, 11) is 0. The summed E-state index contributed by atoms with van der Waals surface area (Å²) in [5, 5.41) is 11.0. The molecule has 86 valence electrons. The monoisotopic (exact) mass is 230 g/mol.